The number of likely N-dealkylation sites (N-methyl/N-ethyl adjacent to an activating group) is 1. The lowest BCUT2D eigenvalue weighted by atomic mass is 10.1. The molecule has 0 unspecified atom stereocenters. The van der Waals surface area contributed by atoms with Crippen LogP contribution in [0.15, 0.2) is 24.3 Å². The van der Waals surface area contributed by atoms with Gasteiger partial charge >= 0.3 is 0 Å². The van der Waals surface area contributed by atoms with Crippen LogP contribution in [0.5, 0.6) is 0 Å². The van der Waals surface area contributed by atoms with Crippen LogP contribution in [0.2, 0.25) is 5.02 Å². The maximum absolute atomic E-state index is 12.4. The topological polar surface area (TPSA) is 52.7 Å². The third-order valence-corrected chi connectivity index (χ3v) is 3.77. The number of anilines is 1. The van der Waals surface area contributed by atoms with E-state index in [4.69, 9.17) is 11.6 Å². The predicted octanol–water partition coefficient (Wildman–Crippen LogP) is 1.37. The second kappa shape index (κ2) is 6.91. The van der Waals surface area contributed by atoms with Crippen LogP contribution >= 0.6 is 11.6 Å². The molecule has 5 nitrogen and oxygen atoms in total. The van der Waals surface area contributed by atoms with E-state index >= 15 is 0 Å². The number of carbonyl (C=O) groups is 2. The summed E-state index contributed by atoms with van der Waals surface area (Å²) in [6.45, 7) is 1.87. The summed E-state index contributed by atoms with van der Waals surface area (Å²) in [5.41, 5.74) is 0.785. The van der Waals surface area contributed by atoms with Crippen molar-refractivity contribution in [3.8, 4) is 0 Å². The third kappa shape index (κ3) is 3.95. The maximum Gasteiger partial charge on any atom is 0.239 e. The fraction of sp³-hybridized carbons (Fsp3) is 0.467. The van der Waals surface area contributed by atoms with E-state index in [0.717, 1.165) is 12.2 Å². The SMILES string of the molecule is CN(C)CCNC(=O)[C@@H]1CCN(c2ccc(Cl)cc2)C1=O. The molecule has 0 radical (unpaired) electrons. The van der Waals surface area contributed by atoms with Gasteiger partial charge in [-0.3, -0.25) is 9.59 Å². The Morgan fingerprint density at radius 2 is 2.05 bits per heavy atom. The molecule has 0 bridgehead atoms. The number of hydrogen-bond donors (Lipinski definition) is 1. The molecule has 21 heavy (non-hydrogen) atoms. The molecular weight excluding hydrogens is 290 g/mol. The highest BCUT2D eigenvalue weighted by molar-refractivity contribution is 6.30. The van der Waals surface area contributed by atoms with E-state index in [-0.39, 0.29) is 11.8 Å². The first-order valence-electron chi connectivity index (χ1n) is 6.98. The van der Waals surface area contributed by atoms with Crippen molar-refractivity contribution in [2.75, 3.05) is 38.6 Å². The van der Waals surface area contributed by atoms with E-state index in [1.807, 2.05) is 19.0 Å². The molecule has 1 fully saturated rings. The number of rotatable bonds is 5. The van der Waals surface area contributed by atoms with Crippen LogP contribution in [-0.2, 0) is 9.59 Å². The molecule has 1 heterocycles. The largest absolute Gasteiger partial charge is 0.354 e. The minimum absolute atomic E-state index is 0.139. The Morgan fingerprint density at radius 1 is 1.38 bits per heavy atom. The number of halogens is 1. The van der Waals surface area contributed by atoms with Gasteiger partial charge in [0.1, 0.15) is 5.92 Å². The predicted molar refractivity (Wildman–Crippen MR) is 83.5 cm³/mol. The van der Waals surface area contributed by atoms with Gasteiger partial charge in [-0.15, -0.1) is 0 Å². The second-order valence-electron chi connectivity index (χ2n) is 5.40. The van der Waals surface area contributed by atoms with Crippen LogP contribution in [0.25, 0.3) is 0 Å². The van der Waals surface area contributed by atoms with Gasteiger partial charge in [0.2, 0.25) is 11.8 Å². The summed E-state index contributed by atoms with van der Waals surface area (Å²) in [5, 5.41) is 3.45. The van der Waals surface area contributed by atoms with Crippen molar-refractivity contribution in [3.05, 3.63) is 29.3 Å². The normalized spacial score (nSPS) is 18.4. The van der Waals surface area contributed by atoms with Crippen LogP contribution in [0, 0.1) is 5.92 Å². The van der Waals surface area contributed by atoms with Crippen LogP contribution in [0.1, 0.15) is 6.42 Å². The van der Waals surface area contributed by atoms with Crippen molar-refractivity contribution < 1.29 is 9.59 Å². The number of amides is 2. The van der Waals surface area contributed by atoms with Crippen molar-refractivity contribution in [2.45, 2.75) is 6.42 Å². The van der Waals surface area contributed by atoms with Gasteiger partial charge in [0.05, 0.1) is 0 Å². The summed E-state index contributed by atoms with van der Waals surface area (Å²) in [4.78, 5) is 28.0. The monoisotopic (exact) mass is 309 g/mol. The first-order valence-corrected chi connectivity index (χ1v) is 7.36. The highest BCUT2D eigenvalue weighted by atomic mass is 35.5. The zero-order valence-electron chi connectivity index (χ0n) is 12.3. The van der Waals surface area contributed by atoms with Gasteiger partial charge in [0.15, 0.2) is 0 Å². The van der Waals surface area contributed by atoms with Gasteiger partial charge in [-0.25, -0.2) is 0 Å². The average molecular weight is 310 g/mol. The maximum atomic E-state index is 12.4. The Bertz CT molecular complexity index is 516. The standard InChI is InChI=1S/C15H20ClN3O2/c1-18(2)10-8-17-14(20)13-7-9-19(15(13)21)12-5-3-11(16)4-6-12/h3-6,13H,7-10H2,1-2H3,(H,17,20)/t13-/m0/s1. The highest BCUT2D eigenvalue weighted by Crippen LogP contribution is 2.26. The Hall–Kier alpha value is -1.59. The molecule has 0 saturated carbocycles. The number of benzene rings is 1. The molecule has 114 valence electrons. The molecule has 1 aromatic carbocycles. The zero-order chi connectivity index (χ0) is 15.4. The van der Waals surface area contributed by atoms with Gasteiger partial charge in [-0.1, -0.05) is 11.6 Å². The molecule has 2 amide bonds. The molecule has 1 N–H and O–H groups in total. The lowest BCUT2D eigenvalue weighted by Crippen LogP contribution is -2.39. The zero-order valence-corrected chi connectivity index (χ0v) is 13.1. The van der Waals surface area contributed by atoms with Crippen molar-refractivity contribution in [2.24, 2.45) is 5.92 Å². The fourth-order valence-corrected chi connectivity index (χ4v) is 2.45. The van der Waals surface area contributed by atoms with E-state index in [1.54, 1.807) is 29.2 Å². The number of carbonyl (C=O) groups excluding carboxylic acids is 2. The first-order chi connectivity index (χ1) is 9.99. The summed E-state index contributed by atoms with van der Waals surface area (Å²) in [6.07, 6.45) is 0.551. The smallest absolute Gasteiger partial charge is 0.239 e. The van der Waals surface area contributed by atoms with Gasteiger partial charge < -0.3 is 15.1 Å². The van der Waals surface area contributed by atoms with Crippen LogP contribution in [0.4, 0.5) is 5.69 Å². The highest BCUT2D eigenvalue weighted by Gasteiger charge is 2.37. The third-order valence-electron chi connectivity index (χ3n) is 3.52. The average Bonchev–Trinajstić information content (AvgIpc) is 2.81. The second-order valence-corrected chi connectivity index (χ2v) is 5.84. The van der Waals surface area contributed by atoms with E-state index in [2.05, 4.69) is 5.32 Å². The van der Waals surface area contributed by atoms with Crippen molar-refractivity contribution in [1.29, 1.82) is 0 Å². The van der Waals surface area contributed by atoms with Gasteiger partial charge in [-0.05, 0) is 44.8 Å². The molecule has 1 aromatic rings. The summed E-state index contributed by atoms with van der Waals surface area (Å²) >= 11 is 5.85. The van der Waals surface area contributed by atoms with Crippen molar-refractivity contribution in [1.82, 2.24) is 10.2 Å². The number of nitrogens with zero attached hydrogens (tertiary/aromatic N) is 2. The van der Waals surface area contributed by atoms with E-state index in [1.165, 1.54) is 0 Å². The van der Waals surface area contributed by atoms with E-state index in [9.17, 15) is 9.59 Å². The van der Waals surface area contributed by atoms with Crippen molar-refractivity contribution in [3.63, 3.8) is 0 Å². The summed E-state index contributed by atoms with van der Waals surface area (Å²) in [6, 6.07) is 7.09. The minimum Gasteiger partial charge on any atom is -0.354 e. The Labute approximate surface area is 129 Å². The van der Waals surface area contributed by atoms with Gasteiger partial charge in [-0.2, -0.15) is 0 Å². The Morgan fingerprint density at radius 3 is 2.67 bits per heavy atom. The fourth-order valence-electron chi connectivity index (χ4n) is 2.33. The molecule has 1 atom stereocenters. The minimum atomic E-state index is -0.581. The first kappa shape index (κ1) is 15.8. The van der Waals surface area contributed by atoms with Gasteiger partial charge in [0.25, 0.3) is 0 Å². The van der Waals surface area contributed by atoms with E-state index in [0.29, 0.717) is 24.5 Å². The number of nitrogens with one attached hydrogen (secondary N) is 1. The summed E-state index contributed by atoms with van der Waals surface area (Å²) in [7, 11) is 3.88. The van der Waals surface area contributed by atoms with Crippen LogP contribution in [0.3, 0.4) is 0 Å². The molecule has 1 aliphatic heterocycles. The van der Waals surface area contributed by atoms with Crippen LogP contribution in [-0.4, -0.2) is 50.4 Å². The summed E-state index contributed by atoms with van der Waals surface area (Å²) < 4.78 is 0. The molecular formula is C15H20ClN3O2. The Balaban J connectivity index is 1.94. The van der Waals surface area contributed by atoms with E-state index < -0.39 is 5.92 Å². The molecule has 2 rings (SSSR count). The van der Waals surface area contributed by atoms with Crippen LogP contribution < -0.4 is 10.2 Å². The van der Waals surface area contributed by atoms with Crippen molar-refractivity contribution >= 4 is 29.1 Å². The summed E-state index contributed by atoms with van der Waals surface area (Å²) in [5.74, 6) is -0.902. The quantitative estimate of drug-likeness (QED) is 0.836. The molecule has 0 aliphatic carbocycles. The molecule has 1 aliphatic rings. The lowest BCUT2D eigenvalue weighted by Gasteiger charge is -2.17. The molecule has 1 saturated heterocycles. The van der Waals surface area contributed by atoms with Gasteiger partial charge in [0, 0.05) is 30.3 Å². The molecule has 0 aromatic heterocycles. The number of hydrogen-bond acceptors (Lipinski definition) is 3. The Kier molecular flexibility index (Phi) is 5.20. The molecule has 6 heteroatoms. The lowest BCUT2D eigenvalue weighted by molar-refractivity contribution is -0.132. The molecule has 0 spiro atoms.